The first-order chi connectivity index (χ1) is 8.90. The topological polar surface area (TPSA) is 71.1 Å². The summed E-state index contributed by atoms with van der Waals surface area (Å²) in [6, 6.07) is 1.55. The van der Waals surface area contributed by atoms with Crippen LogP contribution in [0.2, 0.25) is 0 Å². The molecule has 108 valence electrons. The zero-order chi connectivity index (χ0) is 14.5. The molecule has 1 rings (SSSR count). The van der Waals surface area contributed by atoms with Gasteiger partial charge in [0, 0.05) is 29.0 Å². The number of nitrogens with one attached hydrogen (secondary N) is 2. The molecule has 0 aromatic carbocycles. The minimum atomic E-state index is -3.56. The molecular formula is C11H18BrN3O2S2. The van der Waals surface area contributed by atoms with E-state index in [-0.39, 0.29) is 10.1 Å². The number of pyridine rings is 1. The zero-order valence-electron chi connectivity index (χ0n) is 11.1. The Morgan fingerprint density at radius 2 is 2.21 bits per heavy atom. The number of hydrogen-bond acceptors (Lipinski definition) is 5. The monoisotopic (exact) mass is 367 g/mol. The Kier molecular flexibility index (Phi) is 6.58. The van der Waals surface area contributed by atoms with Crippen molar-refractivity contribution in [1.82, 2.24) is 9.71 Å². The smallest absolute Gasteiger partial charge is 0.244 e. The van der Waals surface area contributed by atoms with Gasteiger partial charge in [-0.05, 0) is 35.2 Å². The predicted octanol–water partition coefficient (Wildman–Crippen LogP) is 2.31. The number of thioether (sulfide) groups is 1. The maximum atomic E-state index is 12.3. The number of nitrogens with zero attached hydrogens (tertiary/aromatic N) is 1. The quantitative estimate of drug-likeness (QED) is 0.773. The normalized spacial score (nSPS) is 13.3. The molecule has 0 saturated carbocycles. The van der Waals surface area contributed by atoms with E-state index in [1.54, 1.807) is 24.0 Å². The summed E-state index contributed by atoms with van der Waals surface area (Å²) in [5.74, 6) is 0.370. The summed E-state index contributed by atoms with van der Waals surface area (Å²) in [6.45, 7) is 4.86. The standard InChI is InChI=1S/C11H18BrN3O2S2/c1-4-13-11-10(5-9(12)7-14-11)19(16,17)15-6-8(2)18-3/h5,7-8,15H,4,6H2,1-3H3,(H,13,14). The lowest BCUT2D eigenvalue weighted by atomic mass is 10.4. The van der Waals surface area contributed by atoms with Crippen LogP contribution >= 0.6 is 27.7 Å². The Labute approximate surface area is 127 Å². The van der Waals surface area contributed by atoms with Gasteiger partial charge in [0.1, 0.15) is 10.7 Å². The molecule has 1 unspecified atom stereocenters. The molecule has 1 atom stereocenters. The summed E-state index contributed by atoms with van der Waals surface area (Å²) in [6.07, 6.45) is 3.52. The highest BCUT2D eigenvalue weighted by atomic mass is 79.9. The lowest BCUT2D eigenvalue weighted by molar-refractivity contribution is 0.581. The largest absolute Gasteiger partial charge is 0.369 e. The van der Waals surface area contributed by atoms with Gasteiger partial charge in [0.25, 0.3) is 0 Å². The van der Waals surface area contributed by atoms with E-state index in [1.165, 1.54) is 0 Å². The van der Waals surface area contributed by atoms with Crippen molar-refractivity contribution in [3.05, 3.63) is 16.7 Å². The van der Waals surface area contributed by atoms with Crippen LogP contribution in [0, 0.1) is 0 Å². The van der Waals surface area contributed by atoms with Crippen molar-refractivity contribution in [3.8, 4) is 0 Å². The Morgan fingerprint density at radius 1 is 1.53 bits per heavy atom. The second-order valence-corrected chi connectivity index (χ2v) is 7.86. The number of halogens is 1. The van der Waals surface area contributed by atoms with Crippen molar-refractivity contribution in [2.75, 3.05) is 24.7 Å². The van der Waals surface area contributed by atoms with Gasteiger partial charge in [-0.2, -0.15) is 11.8 Å². The highest BCUT2D eigenvalue weighted by Gasteiger charge is 2.20. The Bertz CT molecular complexity index is 523. The number of anilines is 1. The molecule has 0 fully saturated rings. The fourth-order valence-corrected chi connectivity index (χ4v) is 3.44. The SMILES string of the molecule is CCNc1ncc(Br)cc1S(=O)(=O)NCC(C)SC. The summed E-state index contributed by atoms with van der Waals surface area (Å²) >= 11 is 4.86. The molecular weight excluding hydrogens is 350 g/mol. The molecule has 8 heteroatoms. The van der Waals surface area contributed by atoms with E-state index in [1.807, 2.05) is 20.1 Å². The van der Waals surface area contributed by atoms with E-state index in [4.69, 9.17) is 0 Å². The maximum absolute atomic E-state index is 12.3. The Hall–Kier alpha value is -0.310. The minimum absolute atomic E-state index is 0.164. The third-order valence-electron chi connectivity index (χ3n) is 2.42. The molecule has 0 amide bonds. The molecule has 0 aliphatic heterocycles. The van der Waals surface area contributed by atoms with Gasteiger partial charge in [0.05, 0.1) is 0 Å². The molecule has 0 aliphatic carbocycles. The first-order valence-corrected chi connectivity index (χ1v) is 9.39. The maximum Gasteiger partial charge on any atom is 0.244 e. The van der Waals surface area contributed by atoms with Crippen molar-refractivity contribution in [2.24, 2.45) is 0 Å². The van der Waals surface area contributed by atoms with Gasteiger partial charge in [-0.15, -0.1) is 0 Å². The van der Waals surface area contributed by atoms with Crippen LogP contribution in [0.5, 0.6) is 0 Å². The second kappa shape index (κ2) is 7.47. The van der Waals surface area contributed by atoms with Gasteiger partial charge >= 0.3 is 0 Å². The first kappa shape index (κ1) is 16.7. The van der Waals surface area contributed by atoms with Crippen LogP contribution in [0.3, 0.4) is 0 Å². The average Bonchev–Trinajstić information content (AvgIpc) is 2.38. The molecule has 0 aliphatic rings. The molecule has 1 aromatic rings. The van der Waals surface area contributed by atoms with Gasteiger partial charge < -0.3 is 5.32 Å². The van der Waals surface area contributed by atoms with Gasteiger partial charge in [-0.1, -0.05) is 6.92 Å². The van der Waals surface area contributed by atoms with E-state index in [9.17, 15) is 8.42 Å². The van der Waals surface area contributed by atoms with Crippen molar-refractivity contribution in [3.63, 3.8) is 0 Å². The van der Waals surface area contributed by atoms with E-state index >= 15 is 0 Å². The number of sulfonamides is 1. The van der Waals surface area contributed by atoms with Crippen molar-refractivity contribution >= 4 is 43.5 Å². The van der Waals surface area contributed by atoms with Crippen LogP contribution in [0.4, 0.5) is 5.82 Å². The average molecular weight is 368 g/mol. The molecule has 2 N–H and O–H groups in total. The highest BCUT2D eigenvalue weighted by molar-refractivity contribution is 9.10. The van der Waals surface area contributed by atoms with Crippen LogP contribution in [-0.4, -0.2) is 38.0 Å². The van der Waals surface area contributed by atoms with E-state index in [0.29, 0.717) is 23.4 Å². The fourth-order valence-electron chi connectivity index (χ4n) is 1.31. The molecule has 1 heterocycles. The van der Waals surface area contributed by atoms with Crippen molar-refractivity contribution in [2.45, 2.75) is 24.0 Å². The van der Waals surface area contributed by atoms with Crippen LogP contribution < -0.4 is 10.0 Å². The molecule has 5 nitrogen and oxygen atoms in total. The van der Waals surface area contributed by atoms with E-state index in [2.05, 4.69) is 31.0 Å². The van der Waals surface area contributed by atoms with E-state index < -0.39 is 10.0 Å². The summed E-state index contributed by atoms with van der Waals surface area (Å²) in [4.78, 5) is 4.26. The Balaban J connectivity index is 3.02. The third-order valence-corrected chi connectivity index (χ3v) is 5.26. The van der Waals surface area contributed by atoms with Crippen molar-refractivity contribution in [1.29, 1.82) is 0 Å². The highest BCUT2D eigenvalue weighted by Crippen LogP contribution is 2.22. The third kappa shape index (κ3) is 4.94. The molecule has 1 aromatic heterocycles. The van der Waals surface area contributed by atoms with Gasteiger partial charge in [0.2, 0.25) is 10.0 Å². The van der Waals surface area contributed by atoms with Crippen LogP contribution in [-0.2, 0) is 10.0 Å². The fraction of sp³-hybridized carbons (Fsp3) is 0.545. The van der Waals surface area contributed by atoms with Crippen molar-refractivity contribution < 1.29 is 8.42 Å². The Morgan fingerprint density at radius 3 is 2.79 bits per heavy atom. The van der Waals surface area contributed by atoms with Crippen LogP contribution in [0.15, 0.2) is 21.6 Å². The lowest BCUT2D eigenvalue weighted by Crippen LogP contribution is -2.30. The number of aromatic nitrogens is 1. The van der Waals surface area contributed by atoms with Crippen LogP contribution in [0.1, 0.15) is 13.8 Å². The lowest BCUT2D eigenvalue weighted by Gasteiger charge is -2.13. The molecule has 0 radical (unpaired) electrons. The first-order valence-electron chi connectivity index (χ1n) is 5.82. The summed E-state index contributed by atoms with van der Waals surface area (Å²) in [5, 5.41) is 3.17. The minimum Gasteiger partial charge on any atom is -0.369 e. The van der Waals surface area contributed by atoms with Crippen LogP contribution in [0.25, 0.3) is 0 Å². The zero-order valence-corrected chi connectivity index (χ0v) is 14.3. The molecule has 0 saturated heterocycles. The molecule has 0 spiro atoms. The number of hydrogen-bond donors (Lipinski definition) is 2. The molecule has 19 heavy (non-hydrogen) atoms. The van der Waals surface area contributed by atoms with Gasteiger partial charge in [-0.25, -0.2) is 18.1 Å². The van der Waals surface area contributed by atoms with E-state index in [0.717, 1.165) is 0 Å². The van der Waals surface area contributed by atoms with Gasteiger partial charge in [-0.3, -0.25) is 0 Å². The predicted molar refractivity (Wildman–Crippen MR) is 84.3 cm³/mol. The number of rotatable bonds is 7. The summed E-state index contributed by atoms with van der Waals surface area (Å²) in [5.41, 5.74) is 0. The summed E-state index contributed by atoms with van der Waals surface area (Å²) in [7, 11) is -3.56. The molecule has 0 bridgehead atoms. The second-order valence-electron chi connectivity index (χ2n) is 3.93. The van der Waals surface area contributed by atoms with Gasteiger partial charge in [0.15, 0.2) is 0 Å². The summed E-state index contributed by atoms with van der Waals surface area (Å²) < 4.78 is 27.8.